The second kappa shape index (κ2) is 6.00. The van der Waals surface area contributed by atoms with Crippen LogP contribution in [0, 0.1) is 11.3 Å². The van der Waals surface area contributed by atoms with E-state index in [2.05, 4.69) is 11.4 Å². The monoisotopic (exact) mass is 291 g/mol. The average molecular weight is 291 g/mol. The highest BCUT2D eigenvalue weighted by molar-refractivity contribution is 5.92. The van der Waals surface area contributed by atoms with Crippen LogP contribution in [0.3, 0.4) is 0 Å². The van der Waals surface area contributed by atoms with Gasteiger partial charge in [-0.3, -0.25) is 4.79 Å². The van der Waals surface area contributed by atoms with Crippen LogP contribution in [-0.2, 0) is 6.54 Å². The lowest BCUT2D eigenvalue weighted by Crippen LogP contribution is -2.17. The van der Waals surface area contributed by atoms with E-state index in [1.807, 2.05) is 36.4 Å². The van der Waals surface area contributed by atoms with Crippen molar-refractivity contribution in [1.82, 2.24) is 5.32 Å². The van der Waals surface area contributed by atoms with Crippen molar-refractivity contribution in [2.24, 2.45) is 5.73 Å². The van der Waals surface area contributed by atoms with Crippen molar-refractivity contribution >= 4 is 5.91 Å². The smallest absolute Gasteiger partial charge is 0.248 e. The summed E-state index contributed by atoms with van der Waals surface area (Å²) >= 11 is 0. The first-order valence-corrected chi connectivity index (χ1v) is 7.29. The predicted molar refractivity (Wildman–Crippen MR) is 84.1 cm³/mol. The van der Waals surface area contributed by atoms with Crippen molar-refractivity contribution in [3.8, 4) is 6.07 Å². The number of primary amides is 1. The van der Waals surface area contributed by atoms with Gasteiger partial charge >= 0.3 is 0 Å². The molecule has 4 nitrogen and oxygen atoms in total. The molecule has 2 atom stereocenters. The molecule has 0 bridgehead atoms. The lowest BCUT2D eigenvalue weighted by atomic mass is 10.1. The lowest BCUT2D eigenvalue weighted by molar-refractivity contribution is 0.100. The quantitative estimate of drug-likeness (QED) is 0.887. The van der Waals surface area contributed by atoms with Gasteiger partial charge in [0.2, 0.25) is 5.91 Å². The van der Waals surface area contributed by atoms with Crippen molar-refractivity contribution in [2.75, 3.05) is 0 Å². The zero-order valence-electron chi connectivity index (χ0n) is 12.1. The molecule has 2 unspecified atom stereocenters. The van der Waals surface area contributed by atoms with Crippen molar-refractivity contribution in [1.29, 1.82) is 5.26 Å². The van der Waals surface area contributed by atoms with E-state index >= 15 is 0 Å². The maximum atomic E-state index is 11.1. The number of benzene rings is 2. The fourth-order valence-corrected chi connectivity index (χ4v) is 2.63. The average Bonchev–Trinajstić information content (AvgIpc) is 3.33. The molecule has 1 amide bonds. The summed E-state index contributed by atoms with van der Waals surface area (Å²) in [6, 6.07) is 17.7. The van der Waals surface area contributed by atoms with E-state index in [9.17, 15) is 4.79 Å². The van der Waals surface area contributed by atoms with Gasteiger partial charge in [0.15, 0.2) is 0 Å². The lowest BCUT2D eigenvalue weighted by Gasteiger charge is -2.05. The number of hydrogen-bond donors (Lipinski definition) is 2. The Morgan fingerprint density at radius 2 is 1.86 bits per heavy atom. The summed E-state index contributed by atoms with van der Waals surface area (Å²) in [4.78, 5) is 11.1. The highest BCUT2D eigenvalue weighted by Gasteiger charge is 2.37. The molecule has 0 radical (unpaired) electrons. The van der Waals surface area contributed by atoms with E-state index in [0.717, 1.165) is 13.0 Å². The number of rotatable bonds is 5. The number of carbonyl (C=O) groups excluding carboxylic acids is 1. The third-order valence-electron chi connectivity index (χ3n) is 4.07. The van der Waals surface area contributed by atoms with Crippen LogP contribution in [0.2, 0.25) is 0 Å². The van der Waals surface area contributed by atoms with Gasteiger partial charge in [-0.05, 0) is 41.8 Å². The van der Waals surface area contributed by atoms with Gasteiger partial charge in [0, 0.05) is 24.1 Å². The molecule has 4 heteroatoms. The summed E-state index contributed by atoms with van der Waals surface area (Å²) in [6.45, 7) is 0.798. The molecule has 0 heterocycles. The molecule has 1 aliphatic carbocycles. The molecular formula is C18H17N3O. The Hall–Kier alpha value is -2.64. The van der Waals surface area contributed by atoms with Gasteiger partial charge in [-0.1, -0.05) is 24.3 Å². The van der Waals surface area contributed by atoms with Gasteiger partial charge in [-0.15, -0.1) is 0 Å². The summed E-state index contributed by atoms with van der Waals surface area (Å²) < 4.78 is 0. The van der Waals surface area contributed by atoms with Crippen LogP contribution in [0.4, 0.5) is 0 Å². The molecule has 22 heavy (non-hydrogen) atoms. The molecule has 0 aliphatic heterocycles. The van der Waals surface area contributed by atoms with Crippen LogP contribution in [-0.4, -0.2) is 11.9 Å². The Morgan fingerprint density at radius 1 is 1.18 bits per heavy atom. The summed E-state index contributed by atoms with van der Waals surface area (Å²) in [5.74, 6) is 0.109. The highest BCUT2D eigenvalue weighted by Crippen LogP contribution is 2.40. The molecule has 1 aliphatic rings. The largest absolute Gasteiger partial charge is 0.366 e. The van der Waals surface area contributed by atoms with Crippen molar-refractivity contribution in [2.45, 2.75) is 24.9 Å². The number of nitrogens with two attached hydrogens (primary N) is 1. The minimum atomic E-state index is -0.391. The van der Waals surface area contributed by atoms with Crippen molar-refractivity contribution < 1.29 is 4.79 Å². The van der Waals surface area contributed by atoms with E-state index < -0.39 is 5.91 Å². The second-order valence-corrected chi connectivity index (χ2v) is 5.62. The molecule has 0 spiro atoms. The van der Waals surface area contributed by atoms with Crippen molar-refractivity contribution in [3.63, 3.8) is 0 Å². The summed E-state index contributed by atoms with van der Waals surface area (Å²) in [7, 11) is 0. The maximum absolute atomic E-state index is 11.1. The fourth-order valence-electron chi connectivity index (χ4n) is 2.63. The van der Waals surface area contributed by atoms with Crippen LogP contribution >= 0.6 is 0 Å². The van der Waals surface area contributed by atoms with Crippen LogP contribution in [0.1, 0.15) is 39.4 Å². The third kappa shape index (κ3) is 3.16. The van der Waals surface area contributed by atoms with Gasteiger partial charge in [-0.2, -0.15) is 5.26 Å². The standard InChI is InChI=1S/C18H17N3O/c19-10-12-1-3-13(4-2-12)11-21-17-9-16(17)14-5-7-15(8-6-14)18(20)22/h1-8,16-17,21H,9,11H2,(H2,20,22). The Balaban J connectivity index is 1.53. The van der Waals surface area contributed by atoms with E-state index in [1.165, 1.54) is 11.1 Å². The summed E-state index contributed by atoms with van der Waals surface area (Å²) in [6.07, 6.45) is 1.10. The van der Waals surface area contributed by atoms with Crippen LogP contribution in [0.25, 0.3) is 0 Å². The number of nitrogens with zero attached hydrogens (tertiary/aromatic N) is 1. The van der Waals surface area contributed by atoms with E-state index in [1.54, 1.807) is 12.1 Å². The third-order valence-corrected chi connectivity index (χ3v) is 4.07. The molecular weight excluding hydrogens is 274 g/mol. The minimum Gasteiger partial charge on any atom is -0.366 e. The molecule has 0 saturated heterocycles. The Bertz CT molecular complexity index is 713. The first-order valence-electron chi connectivity index (χ1n) is 7.29. The summed E-state index contributed by atoms with van der Waals surface area (Å²) in [5, 5.41) is 12.3. The van der Waals surface area contributed by atoms with Crippen LogP contribution in [0.5, 0.6) is 0 Å². The molecule has 0 aromatic heterocycles. The zero-order chi connectivity index (χ0) is 15.5. The molecule has 1 saturated carbocycles. The van der Waals surface area contributed by atoms with Gasteiger partial charge < -0.3 is 11.1 Å². The molecule has 3 N–H and O–H groups in total. The SMILES string of the molecule is N#Cc1ccc(CNC2CC2c2ccc(C(N)=O)cc2)cc1. The summed E-state index contributed by atoms with van der Waals surface area (Å²) in [5.41, 5.74) is 8.89. The van der Waals surface area contributed by atoms with E-state index in [4.69, 9.17) is 11.0 Å². The van der Waals surface area contributed by atoms with E-state index in [0.29, 0.717) is 23.1 Å². The van der Waals surface area contributed by atoms with E-state index in [-0.39, 0.29) is 0 Å². The molecule has 110 valence electrons. The molecule has 2 aromatic carbocycles. The number of hydrogen-bond acceptors (Lipinski definition) is 3. The van der Waals surface area contributed by atoms with Crippen molar-refractivity contribution in [3.05, 3.63) is 70.8 Å². The fraction of sp³-hybridized carbons (Fsp3) is 0.222. The zero-order valence-corrected chi connectivity index (χ0v) is 12.1. The normalized spacial score (nSPS) is 19.4. The Kier molecular flexibility index (Phi) is 3.90. The van der Waals surface area contributed by atoms with Crippen LogP contribution < -0.4 is 11.1 Å². The van der Waals surface area contributed by atoms with Gasteiger partial charge in [0.05, 0.1) is 11.6 Å². The Labute approximate surface area is 129 Å². The maximum Gasteiger partial charge on any atom is 0.248 e. The van der Waals surface area contributed by atoms with Gasteiger partial charge in [-0.25, -0.2) is 0 Å². The van der Waals surface area contributed by atoms with Crippen LogP contribution in [0.15, 0.2) is 48.5 Å². The van der Waals surface area contributed by atoms with Gasteiger partial charge in [0.25, 0.3) is 0 Å². The first kappa shape index (κ1) is 14.3. The Morgan fingerprint density at radius 3 is 2.45 bits per heavy atom. The number of nitrogens with one attached hydrogen (secondary N) is 1. The molecule has 3 rings (SSSR count). The molecule has 1 fully saturated rings. The number of nitriles is 1. The predicted octanol–water partition coefficient (Wildman–Crippen LogP) is 2.30. The molecule has 2 aromatic rings. The number of carbonyl (C=O) groups is 1. The first-order chi connectivity index (χ1) is 10.7. The topological polar surface area (TPSA) is 78.9 Å². The number of amides is 1. The van der Waals surface area contributed by atoms with Gasteiger partial charge in [0.1, 0.15) is 0 Å². The second-order valence-electron chi connectivity index (χ2n) is 5.62. The minimum absolute atomic E-state index is 0.391. The highest BCUT2D eigenvalue weighted by atomic mass is 16.1.